The number of hydrogen-bond donors (Lipinski definition) is 0. The third-order valence-corrected chi connectivity index (χ3v) is 7.27. The van der Waals surface area contributed by atoms with Crippen LogP contribution in [0.3, 0.4) is 0 Å². The molecule has 2 aromatic carbocycles. The highest BCUT2D eigenvalue weighted by atomic mass is 35.5. The summed E-state index contributed by atoms with van der Waals surface area (Å²) in [5.41, 5.74) is 1.16. The molecule has 0 radical (unpaired) electrons. The van der Waals surface area contributed by atoms with E-state index in [-0.39, 0.29) is 14.9 Å². The summed E-state index contributed by atoms with van der Waals surface area (Å²) < 4.78 is 32.4. The first-order chi connectivity index (χ1) is 12.4. The van der Waals surface area contributed by atoms with Crippen molar-refractivity contribution in [2.45, 2.75) is 11.4 Å². The molecule has 26 heavy (non-hydrogen) atoms. The van der Waals surface area contributed by atoms with E-state index in [0.29, 0.717) is 26.2 Å². The van der Waals surface area contributed by atoms with Gasteiger partial charge in [-0.3, -0.25) is 4.90 Å². The Morgan fingerprint density at radius 1 is 0.962 bits per heavy atom. The van der Waals surface area contributed by atoms with Crippen molar-refractivity contribution in [3.63, 3.8) is 0 Å². The molecular formula is C18H20Cl2N2O3S. The van der Waals surface area contributed by atoms with Crippen LogP contribution < -0.4 is 4.74 Å². The van der Waals surface area contributed by atoms with Crippen LogP contribution in [-0.2, 0) is 16.6 Å². The molecule has 5 nitrogen and oxygen atoms in total. The van der Waals surface area contributed by atoms with E-state index in [2.05, 4.69) is 4.90 Å². The van der Waals surface area contributed by atoms with Crippen LogP contribution in [0, 0.1) is 0 Å². The predicted molar refractivity (Wildman–Crippen MR) is 103 cm³/mol. The average molecular weight is 415 g/mol. The van der Waals surface area contributed by atoms with Crippen molar-refractivity contribution in [2.24, 2.45) is 0 Å². The quantitative estimate of drug-likeness (QED) is 0.750. The molecule has 3 rings (SSSR count). The van der Waals surface area contributed by atoms with E-state index in [1.54, 1.807) is 25.3 Å². The number of methoxy groups -OCH3 is 1. The lowest BCUT2D eigenvalue weighted by atomic mass is 10.2. The monoisotopic (exact) mass is 414 g/mol. The van der Waals surface area contributed by atoms with E-state index < -0.39 is 10.0 Å². The van der Waals surface area contributed by atoms with E-state index in [1.807, 2.05) is 24.3 Å². The molecule has 1 heterocycles. The van der Waals surface area contributed by atoms with Crippen molar-refractivity contribution in [1.82, 2.24) is 9.21 Å². The first-order valence-electron chi connectivity index (χ1n) is 8.21. The topological polar surface area (TPSA) is 49.9 Å². The normalized spacial score (nSPS) is 16.6. The number of ether oxygens (including phenoxy) is 1. The Bertz CT molecular complexity index is 844. The number of benzene rings is 2. The second-order valence-electron chi connectivity index (χ2n) is 6.08. The van der Waals surface area contributed by atoms with Crippen LogP contribution in [0.2, 0.25) is 10.0 Å². The van der Waals surface area contributed by atoms with Crippen LogP contribution in [0.1, 0.15) is 5.56 Å². The van der Waals surface area contributed by atoms with Gasteiger partial charge in [0.1, 0.15) is 10.6 Å². The number of piperazine rings is 1. The summed E-state index contributed by atoms with van der Waals surface area (Å²) in [6.07, 6.45) is 0. The van der Waals surface area contributed by atoms with Crippen molar-refractivity contribution in [3.8, 4) is 5.75 Å². The molecule has 2 aromatic rings. The maximum absolute atomic E-state index is 12.9. The molecule has 0 unspecified atom stereocenters. The fraction of sp³-hybridized carbons (Fsp3) is 0.333. The van der Waals surface area contributed by atoms with Gasteiger partial charge in [0.25, 0.3) is 0 Å². The van der Waals surface area contributed by atoms with E-state index in [1.165, 1.54) is 4.31 Å². The maximum Gasteiger partial charge on any atom is 0.246 e. The second kappa shape index (κ2) is 8.15. The number of sulfonamides is 1. The molecule has 0 aromatic heterocycles. The molecule has 0 aliphatic carbocycles. The van der Waals surface area contributed by atoms with Crippen molar-refractivity contribution in [3.05, 3.63) is 58.1 Å². The van der Waals surface area contributed by atoms with Gasteiger partial charge in [-0.05, 0) is 29.8 Å². The summed E-state index contributed by atoms with van der Waals surface area (Å²) in [6, 6.07) is 12.6. The van der Waals surface area contributed by atoms with E-state index >= 15 is 0 Å². The average Bonchev–Trinajstić information content (AvgIpc) is 2.62. The molecule has 1 saturated heterocycles. The summed E-state index contributed by atoms with van der Waals surface area (Å²) in [5.74, 6) is 0.821. The Labute approximate surface area is 164 Å². The van der Waals surface area contributed by atoms with Crippen LogP contribution >= 0.6 is 23.2 Å². The minimum Gasteiger partial charge on any atom is -0.497 e. The van der Waals surface area contributed by atoms with Gasteiger partial charge in [0.15, 0.2) is 0 Å². The maximum atomic E-state index is 12.9. The van der Waals surface area contributed by atoms with Crippen molar-refractivity contribution < 1.29 is 13.2 Å². The standard InChI is InChI=1S/C18H20Cl2N2O3S/c1-25-15-7-5-14(6-8-15)13-21-9-11-22(12-10-21)26(23,24)18-16(19)3-2-4-17(18)20/h2-8H,9-13H2,1H3. The molecule has 1 fully saturated rings. The highest BCUT2D eigenvalue weighted by molar-refractivity contribution is 7.89. The Balaban J connectivity index is 1.66. The van der Waals surface area contributed by atoms with Gasteiger partial charge in [0.2, 0.25) is 10.0 Å². The number of hydrogen-bond acceptors (Lipinski definition) is 4. The summed E-state index contributed by atoms with van der Waals surface area (Å²) in [7, 11) is -2.06. The zero-order valence-corrected chi connectivity index (χ0v) is 16.7. The van der Waals surface area contributed by atoms with Gasteiger partial charge in [-0.25, -0.2) is 8.42 Å². The third-order valence-electron chi connectivity index (χ3n) is 4.41. The minimum atomic E-state index is -3.70. The highest BCUT2D eigenvalue weighted by Crippen LogP contribution is 2.32. The third kappa shape index (κ3) is 4.15. The summed E-state index contributed by atoms with van der Waals surface area (Å²) in [5, 5.41) is 0.302. The first kappa shape index (κ1) is 19.5. The highest BCUT2D eigenvalue weighted by Gasteiger charge is 2.31. The Hall–Kier alpha value is -1.31. The van der Waals surface area contributed by atoms with Gasteiger partial charge in [-0.1, -0.05) is 41.4 Å². The molecule has 140 valence electrons. The summed E-state index contributed by atoms with van der Waals surface area (Å²) in [6.45, 7) is 2.87. The lowest BCUT2D eigenvalue weighted by Crippen LogP contribution is -2.48. The number of nitrogens with zero attached hydrogens (tertiary/aromatic N) is 2. The first-order valence-corrected chi connectivity index (χ1v) is 10.4. The fourth-order valence-electron chi connectivity index (χ4n) is 2.98. The van der Waals surface area contributed by atoms with Gasteiger partial charge >= 0.3 is 0 Å². The number of rotatable bonds is 5. The predicted octanol–water partition coefficient (Wildman–Crippen LogP) is 3.51. The van der Waals surface area contributed by atoms with Crippen molar-refractivity contribution in [1.29, 1.82) is 0 Å². The van der Waals surface area contributed by atoms with Gasteiger partial charge in [0, 0.05) is 32.7 Å². The smallest absolute Gasteiger partial charge is 0.246 e. The van der Waals surface area contributed by atoms with E-state index in [9.17, 15) is 8.42 Å². The van der Waals surface area contributed by atoms with E-state index in [4.69, 9.17) is 27.9 Å². The molecule has 0 N–H and O–H groups in total. The zero-order chi connectivity index (χ0) is 18.7. The lowest BCUT2D eigenvalue weighted by molar-refractivity contribution is 0.181. The van der Waals surface area contributed by atoms with Crippen molar-refractivity contribution in [2.75, 3.05) is 33.3 Å². The molecule has 0 spiro atoms. The Morgan fingerprint density at radius 2 is 1.54 bits per heavy atom. The lowest BCUT2D eigenvalue weighted by Gasteiger charge is -2.34. The Kier molecular flexibility index (Phi) is 6.10. The summed E-state index contributed by atoms with van der Waals surface area (Å²) >= 11 is 12.2. The molecule has 0 bridgehead atoms. The second-order valence-corrected chi connectivity index (χ2v) is 8.77. The molecule has 0 saturated carbocycles. The van der Waals surface area contributed by atoms with Gasteiger partial charge < -0.3 is 4.74 Å². The zero-order valence-electron chi connectivity index (χ0n) is 14.4. The van der Waals surface area contributed by atoms with Crippen LogP contribution in [-0.4, -0.2) is 50.9 Å². The van der Waals surface area contributed by atoms with Gasteiger partial charge in [-0.2, -0.15) is 4.31 Å². The summed E-state index contributed by atoms with van der Waals surface area (Å²) in [4.78, 5) is 2.22. The fourth-order valence-corrected chi connectivity index (χ4v) is 5.49. The van der Waals surface area contributed by atoms with Gasteiger partial charge in [-0.15, -0.1) is 0 Å². The molecule has 0 atom stereocenters. The SMILES string of the molecule is COc1ccc(CN2CCN(S(=O)(=O)c3c(Cl)cccc3Cl)CC2)cc1. The minimum absolute atomic E-state index is 0.00747. The van der Waals surface area contributed by atoms with Crippen molar-refractivity contribution >= 4 is 33.2 Å². The molecule has 1 aliphatic heterocycles. The molecule has 8 heteroatoms. The van der Waals surface area contributed by atoms with Crippen LogP contribution in [0.25, 0.3) is 0 Å². The van der Waals surface area contributed by atoms with Crippen LogP contribution in [0.4, 0.5) is 0 Å². The van der Waals surface area contributed by atoms with Crippen LogP contribution in [0.5, 0.6) is 5.75 Å². The molecular weight excluding hydrogens is 395 g/mol. The molecule has 1 aliphatic rings. The molecule has 0 amide bonds. The van der Waals surface area contributed by atoms with Gasteiger partial charge in [0.05, 0.1) is 17.2 Å². The largest absolute Gasteiger partial charge is 0.497 e. The van der Waals surface area contributed by atoms with Crippen LogP contribution in [0.15, 0.2) is 47.4 Å². The Morgan fingerprint density at radius 3 is 2.08 bits per heavy atom. The van der Waals surface area contributed by atoms with E-state index in [0.717, 1.165) is 17.9 Å². The number of halogens is 2.